The van der Waals surface area contributed by atoms with E-state index in [0.29, 0.717) is 25.9 Å². The van der Waals surface area contributed by atoms with Crippen LogP contribution in [0.15, 0.2) is 17.6 Å². The molecule has 2 unspecified atom stereocenters. The van der Waals surface area contributed by atoms with Gasteiger partial charge in [-0.05, 0) is 18.8 Å². The van der Waals surface area contributed by atoms with Gasteiger partial charge < -0.3 is 15.3 Å². The Morgan fingerprint density at radius 1 is 1.48 bits per heavy atom. The molecule has 2 aliphatic rings. The van der Waals surface area contributed by atoms with Crippen LogP contribution < -0.4 is 5.32 Å². The molecule has 0 bridgehead atoms. The fraction of sp³-hybridized carbons (Fsp3) is 0.812. The maximum atomic E-state index is 11.6. The van der Waals surface area contributed by atoms with Gasteiger partial charge in [0.1, 0.15) is 0 Å². The van der Waals surface area contributed by atoms with Gasteiger partial charge in [0.15, 0.2) is 15.8 Å². The van der Waals surface area contributed by atoms with Gasteiger partial charge in [0.25, 0.3) is 0 Å². The average molecular weight is 343 g/mol. The van der Waals surface area contributed by atoms with E-state index in [9.17, 15) is 13.5 Å². The molecule has 0 aliphatic carbocycles. The monoisotopic (exact) mass is 343 g/mol. The number of guanidine groups is 1. The van der Waals surface area contributed by atoms with E-state index in [1.807, 2.05) is 0 Å². The largest absolute Gasteiger partial charge is 0.392 e. The van der Waals surface area contributed by atoms with Crippen molar-refractivity contribution in [3.8, 4) is 0 Å². The lowest BCUT2D eigenvalue weighted by atomic mass is 9.81. The predicted octanol–water partition coefficient (Wildman–Crippen LogP) is 0.646. The second-order valence-corrected chi connectivity index (χ2v) is 9.55. The molecule has 0 amide bonds. The molecule has 2 aliphatic heterocycles. The zero-order valence-corrected chi connectivity index (χ0v) is 15.0. The van der Waals surface area contributed by atoms with E-state index in [1.165, 1.54) is 0 Å². The van der Waals surface area contributed by atoms with Crippen molar-refractivity contribution >= 4 is 15.8 Å². The van der Waals surface area contributed by atoms with Crippen molar-refractivity contribution in [1.82, 2.24) is 10.2 Å². The summed E-state index contributed by atoms with van der Waals surface area (Å²) in [6.07, 6.45) is 2.88. The van der Waals surface area contributed by atoms with Crippen molar-refractivity contribution in [3.05, 3.63) is 12.7 Å². The zero-order valence-electron chi connectivity index (χ0n) is 14.2. The first kappa shape index (κ1) is 18.3. The lowest BCUT2D eigenvalue weighted by molar-refractivity contribution is -0.00499. The highest BCUT2D eigenvalue weighted by Gasteiger charge is 2.36. The number of nitrogens with zero attached hydrogens (tertiary/aromatic N) is 2. The average Bonchev–Trinajstić information content (AvgIpc) is 2.81. The van der Waals surface area contributed by atoms with Crippen LogP contribution in [0, 0.1) is 11.3 Å². The van der Waals surface area contributed by atoms with E-state index in [0.717, 1.165) is 19.0 Å². The lowest BCUT2D eigenvalue weighted by Crippen LogP contribution is -2.54. The Morgan fingerprint density at radius 2 is 2.22 bits per heavy atom. The molecule has 132 valence electrons. The Kier molecular flexibility index (Phi) is 5.73. The topological polar surface area (TPSA) is 82.0 Å². The predicted molar refractivity (Wildman–Crippen MR) is 93.2 cm³/mol. The molecule has 7 heteroatoms. The SMILES string of the molecule is C=CCNC(=NCC1CCS(=O)(=O)C1)N1CCC(O)C(C)(C)C1. The van der Waals surface area contributed by atoms with Crippen LogP contribution in [0.2, 0.25) is 0 Å². The summed E-state index contributed by atoms with van der Waals surface area (Å²) in [5.74, 6) is 1.43. The van der Waals surface area contributed by atoms with Crippen LogP contribution in [0.1, 0.15) is 26.7 Å². The molecule has 2 saturated heterocycles. The van der Waals surface area contributed by atoms with Crippen molar-refractivity contribution in [3.63, 3.8) is 0 Å². The Morgan fingerprint density at radius 3 is 2.78 bits per heavy atom. The van der Waals surface area contributed by atoms with Crippen LogP contribution in [0.25, 0.3) is 0 Å². The Bertz CT molecular complexity index is 557. The van der Waals surface area contributed by atoms with Crippen molar-refractivity contribution in [2.24, 2.45) is 16.3 Å². The van der Waals surface area contributed by atoms with Gasteiger partial charge in [-0.15, -0.1) is 6.58 Å². The Hall–Kier alpha value is -1.08. The minimum absolute atomic E-state index is 0.115. The highest BCUT2D eigenvalue weighted by atomic mass is 32.2. The van der Waals surface area contributed by atoms with Crippen molar-refractivity contribution in [1.29, 1.82) is 0 Å². The number of rotatable bonds is 4. The fourth-order valence-corrected chi connectivity index (χ4v) is 5.04. The number of likely N-dealkylation sites (tertiary alicyclic amines) is 1. The summed E-state index contributed by atoms with van der Waals surface area (Å²) in [6.45, 7) is 10.4. The Balaban J connectivity index is 2.04. The van der Waals surface area contributed by atoms with Crippen LogP contribution >= 0.6 is 0 Å². The standard InChI is InChI=1S/C16H29N3O3S/c1-4-7-17-15(18-10-13-6-9-23(21,22)11-13)19-8-5-14(20)16(2,3)12-19/h4,13-14,20H,1,5-12H2,2-3H3,(H,17,18). The number of aliphatic hydroxyl groups is 1. The second kappa shape index (κ2) is 7.21. The lowest BCUT2D eigenvalue weighted by Gasteiger charge is -2.43. The summed E-state index contributed by atoms with van der Waals surface area (Å²) in [4.78, 5) is 6.81. The number of aliphatic imine (C=N–C) groups is 1. The van der Waals surface area contributed by atoms with Crippen LogP contribution in [-0.4, -0.2) is 68.2 Å². The summed E-state index contributed by atoms with van der Waals surface area (Å²) < 4.78 is 23.1. The summed E-state index contributed by atoms with van der Waals surface area (Å²) in [5.41, 5.74) is -0.189. The van der Waals surface area contributed by atoms with Gasteiger partial charge in [0.05, 0.1) is 17.6 Å². The second-order valence-electron chi connectivity index (χ2n) is 7.32. The van der Waals surface area contributed by atoms with Crippen molar-refractivity contribution in [2.75, 3.05) is 37.7 Å². The van der Waals surface area contributed by atoms with Gasteiger partial charge >= 0.3 is 0 Å². The molecule has 0 spiro atoms. The first-order valence-corrected chi connectivity index (χ1v) is 10.1. The smallest absolute Gasteiger partial charge is 0.194 e. The number of nitrogens with one attached hydrogen (secondary N) is 1. The van der Waals surface area contributed by atoms with Crippen LogP contribution in [-0.2, 0) is 9.84 Å². The number of piperidine rings is 1. The van der Waals surface area contributed by atoms with Crippen molar-refractivity contribution < 1.29 is 13.5 Å². The minimum atomic E-state index is -2.86. The van der Waals surface area contributed by atoms with E-state index < -0.39 is 9.84 Å². The minimum Gasteiger partial charge on any atom is -0.392 e. The number of hydrogen-bond donors (Lipinski definition) is 2. The normalized spacial score (nSPS) is 30.2. The molecular weight excluding hydrogens is 314 g/mol. The van der Waals surface area contributed by atoms with E-state index in [1.54, 1.807) is 6.08 Å². The fourth-order valence-electron chi connectivity index (χ4n) is 3.19. The Labute approximate surface area is 139 Å². The maximum Gasteiger partial charge on any atom is 0.194 e. The number of sulfone groups is 1. The molecule has 0 saturated carbocycles. The molecule has 2 heterocycles. The van der Waals surface area contributed by atoms with E-state index in [2.05, 4.69) is 35.6 Å². The van der Waals surface area contributed by atoms with Gasteiger partial charge in [0.2, 0.25) is 0 Å². The van der Waals surface area contributed by atoms with E-state index >= 15 is 0 Å². The molecule has 0 aromatic heterocycles. The molecule has 2 fully saturated rings. The third-order valence-electron chi connectivity index (χ3n) is 4.70. The molecule has 2 atom stereocenters. The summed E-state index contributed by atoms with van der Waals surface area (Å²) in [5, 5.41) is 13.4. The molecule has 0 radical (unpaired) electrons. The maximum absolute atomic E-state index is 11.6. The van der Waals surface area contributed by atoms with Crippen LogP contribution in [0.4, 0.5) is 0 Å². The first-order chi connectivity index (χ1) is 10.7. The molecule has 6 nitrogen and oxygen atoms in total. The number of hydrogen-bond acceptors (Lipinski definition) is 4. The quantitative estimate of drug-likeness (QED) is 0.445. The third-order valence-corrected chi connectivity index (χ3v) is 6.54. The highest BCUT2D eigenvalue weighted by molar-refractivity contribution is 7.91. The van der Waals surface area contributed by atoms with Crippen LogP contribution in [0.5, 0.6) is 0 Å². The molecule has 2 N–H and O–H groups in total. The zero-order chi connectivity index (χ0) is 17.1. The van der Waals surface area contributed by atoms with Gasteiger partial charge in [-0.25, -0.2) is 8.42 Å². The highest BCUT2D eigenvalue weighted by Crippen LogP contribution is 2.29. The van der Waals surface area contributed by atoms with E-state index in [-0.39, 0.29) is 28.9 Å². The van der Waals surface area contributed by atoms with Gasteiger partial charge in [-0.2, -0.15) is 0 Å². The van der Waals surface area contributed by atoms with Gasteiger partial charge in [0, 0.05) is 31.6 Å². The van der Waals surface area contributed by atoms with Gasteiger partial charge in [-0.1, -0.05) is 19.9 Å². The molecule has 0 aromatic carbocycles. The molecule has 23 heavy (non-hydrogen) atoms. The van der Waals surface area contributed by atoms with E-state index in [4.69, 9.17) is 0 Å². The molecular formula is C16H29N3O3S. The van der Waals surface area contributed by atoms with Gasteiger partial charge in [-0.3, -0.25) is 4.99 Å². The molecule has 2 rings (SSSR count). The number of aliphatic hydroxyl groups excluding tert-OH is 1. The van der Waals surface area contributed by atoms with Crippen molar-refractivity contribution in [2.45, 2.75) is 32.8 Å². The summed E-state index contributed by atoms with van der Waals surface area (Å²) in [6, 6.07) is 0. The first-order valence-electron chi connectivity index (χ1n) is 8.26. The van der Waals surface area contributed by atoms with Crippen LogP contribution in [0.3, 0.4) is 0 Å². The molecule has 0 aromatic rings. The summed E-state index contributed by atoms with van der Waals surface area (Å²) in [7, 11) is -2.86. The third kappa shape index (κ3) is 4.94. The summed E-state index contributed by atoms with van der Waals surface area (Å²) >= 11 is 0.